The number of halogens is 7. The van der Waals surface area contributed by atoms with E-state index in [1.807, 2.05) is 0 Å². The highest BCUT2D eigenvalue weighted by molar-refractivity contribution is 6.30. The van der Waals surface area contributed by atoms with Gasteiger partial charge in [0, 0.05) is 25.6 Å². The average molecular weight is 728 g/mol. The maximum atomic E-state index is 13.1. The van der Waals surface area contributed by atoms with Crippen LogP contribution in [0.15, 0.2) is 54.9 Å². The van der Waals surface area contributed by atoms with Gasteiger partial charge in [-0.25, -0.2) is 19.6 Å². The van der Waals surface area contributed by atoms with E-state index in [4.69, 9.17) is 51.3 Å². The lowest BCUT2D eigenvalue weighted by molar-refractivity contribution is -0.193. The van der Waals surface area contributed by atoms with Crippen molar-refractivity contribution >= 4 is 46.9 Å². The van der Waals surface area contributed by atoms with E-state index in [0.717, 1.165) is 0 Å². The third-order valence-electron chi connectivity index (χ3n) is 5.08. The minimum absolute atomic E-state index is 0.0164. The van der Waals surface area contributed by atoms with Crippen LogP contribution >= 0.6 is 11.6 Å². The molecule has 0 fully saturated rings. The molecule has 2 aromatic heterocycles. The molecule has 0 saturated heterocycles. The second-order valence-electron chi connectivity index (χ2n) is 8.77. The van der Waals surface area contributed by atoms with E-state index in [1.54, 1.807) is 49.6 Å². The largest absolute Gasteiger partial charge is 0.493 e. The van der Waals surface area contributed by atoms with Gasteiger partial charge in [0.1, 0.15) is 23.9 Å². The Kier molecular flexibility index (Phi) is 17.3. The number of aliphatic carboxylic acids is 2. The number of nitrogens with zero attached hydrogens (tertiary/aromatic N) is 2. The smallest absolute Gasteiger partial charge is 0.490 e. The van der Waals surface area contributed by atoms with Crippen molar-refractivity contribution in [2.75, 3.05) is 44.1 Å². The number of anilines is 2. The molecule has 0 radical (unpaired) electrons. The molecule has 3 rings (SSSR count). The molecular formula is C28H28ClF6N5O9. The van der Waals surface area contributed by atoms with Gasteiger partial charge >= 0.3 is 24.3 Å². The molecule has 0 unspecified atom stereocenters. The van der Waals surface area contributed by atoms with Crippen molar-refractivity contribution in [3.05, 3.63) is 71.1 Å². The summed E-state index contributed by atoms with van der Waals surface area (Å²) < 4.78 is 79.9. The summed E-state index contributed by atoms with van der Waals surface area (Å²) >= 11 is 5.84. The predicted octanol–water partition coefficient (Wildman–Crippen LogP) is 4.65. The number of carbonyl (C=O) groups is 4. The molecule has 14 nitrogen and oxygen atoms in total. The van der Waals surface area contributed by atoms with Crippen molar-refractivity contribution in [1.82, 2.24) is 9.97 Å². The fourth-order valence-corrected chi connectivity index (χ4v) is 3.02. The third-order valence-corrected chi connectivity index (χ3v) is 5.31. The van der Waals surface area contributed by atoms with Gasteiger partial charge in [0.05, 0.1) is 29.5 Å². The summed E-state index contributed by atoms with van der Waals surface area (Å²) in [6, 6.07) is 11.2. The number of aromatic nitrogens is 2. The lowest BCUT2D eigenvalue weighted by Gasteiger charge is -2.15. The molecule has 0 saturated carbocycles. The lowest BCUT2D eigenvalue weighted by atomic mass is 10.1. The van der Waals surface area contributed by atoms with E-state index in [-0.39, 0.29) is 16.9 Å². The first-order chi connectivity index (χ1) is 22.9. The third kappa shape index (κ3) is 16.0. The molecule has 2 heterocycles. The standard InChI is InChI=1S/C24H26ClN5O5.2C2HF3O2/c1-33-12-13-34-17-6-7-18(20(14-17)35-11-3-9-26)23(31)29-19-4-2-10-27-22(19)24(32)30-21-8-5-16(25)15-28-21;2*3-2(4,5)1(6)7/h2,4-8,10,14-15H,3,9,11-13,26H2,1H3,(H,29,31)(H,28,30,32);2*(H,6,7). The number of amides is 2. The Morgan fingerprint density at radius 1 is 0.857 bits per heavy atom. The van der Waals surface area contributed by atoms with Crippen molar-refractivity contribution in [1.29, 1.82) is 0 Å². The summed E-state index contributed by atoms with van der Waals surface area (Å²) in [5.41, 5.74) is 6.05. The first-order valence-electron chi connectivity index (χ1n) is 13.3. The van der Waals surface area contributed by atoms with Crippen LogP contribution in [-0.2, 0) is 14.3 Å². The van der Waals surface area contributed by atoms with Gasteiger partial charge in [-0.2, -0.15) is 26.3 Å². The van der Waals surface area contributed by atoms with Crippen LogP contribution in [0.25, 0.3) is 0 Å². The Morgan fingerprint density at radius 3 is 2.02 bits per heavy atom. The molecule has 0 aliphatic rings. The highest BCUT2D eigenvalue weighted by atomic mass is 35.5. The first kappa shape index (κ1) is 41.8. The summed E-state index contributed by atoms with van der Waals surface area (Å²) in [5, 5.41) is 20.1. The van der Waals surface area contributed by atoms with Crippen molar-refractivity contribution < 1.29 is 69.9 Å². The summed E-state index contributed by atoms with van der Waals surface area (Å²) in [4.78, 5) is 51.9. The zero-order chi connectivity index (χ0) is 37.2. The number of ether oxygens (including phenoxy) is 3. The topological polar surface area (TPSA) is 212 Å². The van der Waals surface area contributed by atoms with E-state index in [2.05, 4.69) is 20.6 Å². The Balaban J connectivity index is 0.000000717. The Bertz CT molecular complexity index is 1520. The van der Waals surface area contributed by atoms with E-state index >= 15 is 0 Å². The van der Waals surface area contributed by atoms with Crippen LogP contribution in [0, 0.1) is 0 Å². The number of pyridine rings is 2. The molecule has 49 heavy (non-hydrogen) atoms. The SMILES string of the molecule is COCCOc1ccc(C(=O)Nc2cccnc2C(=O)Nc2ccc(Cl)cn2)c(OCCCN)c1.O=C(O)C(F)(F)F.O=C(O)C(F)(F)F. The van der Waals surface area contributed by atoms with Crippen LogP contribution in [0.5, 0.6) is 11.5 Å². The van der Waals surface area contributed by atoms with Crippen LogP contribution in [-0.4, -0.2) is 89.8 Å². The van der Waals surface area contributed by atoms with Gasteiger partial charge < -0.3 is 40.8 Å². The van der Waals surface area contributed by atoms with Gasteiger partial charge in [-0.05, 0) is 49.4 Å². The Labute approximate surface area is 278 Å². The molecule has 2 amide bonds. The van der Waals surface area contributed by atoms with Gasteiger partial charge in [-0.15, -0.1) is 0 Å². The highest BCUT2D eigenvalue weighted by Crippen LogP contribution is 2.27. The summed E-state index contributed by atoms with van der Waals surface area (Å²) in [6.45, 7) is 1.54. The minimum atomic E-state index is -5.08. The Morgan fingerprint density at radius 2 is 1.49 bits per heavy atom. The molecule has 3 aromatic rings. The second kappa shape index (κ2) is 20.2. The molecule has 0 atom stereocenters. The number of alkyl halides is 6. The molecule has 0 spiro atoms. The number of carbonyl (C=O) groups excluding carboxylic acids is 2. The fraction of sp³-hybridized carbons (Fsp3) is 0.286. The van der Waals surface area contributed by atoms with Crippen molar-refractivity contribution in [3.8, 4) is 11.5 Å². The summed E-state index contributed by atoms with van der Waals surface area (Å²) in [7, 11) is 1.58. The minimum Gasteiger partial charge on any atom is -0.493 e. The monoisotopic (exact) mass is 727 g/mol. The van der Waals surface area contributed by atoms with E-state index in [0.29, 0.717) is 55.1 Å². The van der Waals surface area contributed by atoms with Crippen molar-refractivity contribution in [3.63, 3.8) is 0 Å². The number of hydrogen-bond acceptors (Lipinski definition) is 10. The number of nitrogens with one attached hydrogen (secondary N) is 2. The number of carboxylic acids is 2. The molecule has 0 aliphatic heterocycles. The van der Waals surface area contributed by atoms with Crippen LogP contribution in [0.1, 0.15) is 27.3 Å². The summed E-state index contributed by atoms with van der Waals surface area (Å²) in [6.07, 6.45) is -6.69. The van der Waals surface area contributed by atoms with Crippen LogP contribution in [0.2, 0.25) is 5.02 Å². The average Bonchev–Trinajstić information content (AvgIpc) is 3.02. The van der Waals surface area contributed by atoms with Gasteiger partial charge in [-0.1, -0.05) is 11.6 Å². The van der Waals surface area contributed by atoms with Crippen LogP contribution < -0.4 is 25.8 Å². The number of carboxylic acid groups (broad SMARTS) is 2. The molecule has 6 N–H and O–H groups in total. The number of nitrogens with two attached hydrogens (primary N) is 1. The Hall–Kier alpha value is -5.21. The van der Waals surface area contributed by atoms with Crippen molar-refractivity contribution in [2.24, 2.45) is 5.73 Å². The van der Waals surface area contributed by atoms with Crippen LogP contribution in [0.4, 0.5) is 37.8 Å². The number of rotatable bonds is 12. The molecule has 0 aliphatic carbocycles. The highest BCUT2D eigenvalue weighted by Gasteiger charge is 2.38. The van der Waals surface area contributed by atoms with E-state index in [9.17, 15) is 35.9 Å². The van der Waals surface area contributed by atoms with Gasteiger partial charge in [0.2, 0.25) is 0 Å². The van der Waals surface area contributed by atoms with E-state index in [1.165, 1.54) is 12.4 Å². The molecule has 0 bridgehead atoms. The van der Waals surface area contributed by atoms with Crippen molar-refractivity contribution in [2.45, 2.75) is 18.8 Å². The predicted molar refractivity (Wildman–Crippen MR) is 160 cm³/mol. The second-order valence-corrected chi connectivity index (χ2v) is 9.20. The quantitative estimate of drug-likeness (QED) is 0.127. The zero-order valence-electron chi connectivity index (χ0n) is 25.1. The number of methoxy groups -OCH3 is 1. The molecular weight excluding hydrogens is 700 g/mol. The number of benzene rings is 1. The molecule has 268 valence electrons. The molecule has 1 aromatic carbocycles. The van der Waals surface area contributed by atoms with E-state index < -0.39 is 36.1 Å². The zero-order valence-corrected chi connectivity index (χ0v) is 25.9. The maximum Gasteiger partial charge on any atom is 0.490 e. The lowest BCUT2D eigenvalue weighted by Crippen LogP contribution is -2.21. The van der Waals surface area contributed by atoms with Crippen LogP contribution in [0.3, 0.4) is 0 Å². The molecule has 21 heteroatoms. The summed E-state index contributed by atoms with van der Waals surface area (Å²) in [5.74, 6) is -5.40. The van der Waals surface area contributed by atoms with Gasteiger partial charge in [0.25, 0.3) is 11.8 Å². The maximum absolute atomic E-state index is 13.1. The fourth-order valence-electron chi connectivity index (χ4n) is 2.91. The van der Waals surface area contributed by atoms with Gasteiger partial charge in [-0.3, -0.25) is 9.59 Å². The first-order valence-corrected chi connectivity index (χ1v) is 13.7. The van der Waals surface area contributed by atoms with Gasteiger partial charge in [0.15, 0.2) is 5.69 Å². The normalized spacial score (nSPS) is 10.7. The number of hydrogen-bond donors (Lipinski definition) is 5.